The minimum Gasteiger partial charge on any atom is -0.494 e. The molecule has 0 amide bonds. The second-order valence-electron chi connectivity index (χ2n) is 6.21. The summed E-state index contributed by atoms with van der Waals surface area (Å²) in [6.07, 6.45) is 5.18. The standard InChI is InChI=1S/C22H27ClO2/c1-2-21(18-10-6-5-7-11-18)22(24)19-12-14-20(15-13-19)25-17-9-4-3-8-16-23/h5-7,10-15,21H,2-4,8-9,16-17H2,1H3. The molecule has 0 aliphatic carbocycles. The van der Waals surface area contributed by atoms with Gasteiger partial charge in [-0.2, -0.15) is 0 Å². The van der Waals surface area contributed by atoms with Gasteiger partial charge < -0.3 is 4.74 Å². The van der Waals surface area contributed by atoms with Crippen LogP contribution in [0.2, 0.25) is 0 Å². The summed E-state index contributed by atoms with van der Waals surface area (Å²) in [5, 5.41) is 0. The van der Waals surface area contributed by atoms with Gasteiger partial charge in [0.25, 0.3) is 0 Å². The Hall–Kier alpha value is -1.80. The van der Waals surface area contributed by atoms with Gasteiger partial charge >= 0.3 is 0 Å². The van der Waals surface area contributed by atoms with Crippen molar-refractivity contribution in [1.82, 2.24) is 0 Å². The second-order valence-corrected chi connectivity index (χ2v) is 6.59. The van der Waals surface area contributed by atoms with E-state index >= 15 is 0 Å². The minimum atomic E-state index is -0.0881. The van der Waals surface area contributed by atoms with E-state index in [4.69, 9.17) is 16.3 Å². The van der Waals surface area contributed by atoms with Gasteiger partial charge in [0.15, 0.2) is 5.78 Å². The SMILES string of the molecule is CCC(C(=O)c1ccc(OCCCCCCCl)cc1)c1ccccc1. The van der Waals surface area contributed by atoms with Crippen LogP contribution in [0.5, 0.6) is 5.75 Å². The van der Waals surface area contributed by atoms with Crippen molar-refractivity contribution in [3.05, 3.63) is 65.7 Å². The summed E-state index contributed by atoms with van der Waals surface area (Å²) in [5.74, 6) is 1.64. The zero-order valence-electron chi connectivity index (χ0n) is 14.9. The van der Waals surface area contributed by atoms with Crippen molar-refractivity contribution in [2.75, 3.05) is 12.5 Å². The first-order chi connectivity index (χ1) is 12.3. The average Bonchev–Trinajstić information content (AvgIpc) is 2.66. The molecule has 0 bridgehead atoms. The Labute approximate surface area is 156 Å². The van der Waals surface area contributed by atoms with Crippen LogP contribution in [0.15, 0.2) is 54.6 Å². The van der Waals surface area contributed by atoms with Gasteiger partial charge in [-0.25, -0.2) is 0 Å². The monoisotopic (exact) mass is 358 g/mol. The van der Waals surface area contributed by atoms with E-state index in [1.54, 1.807) is 0 Å². The van der Waals surface area contributed by atoms with Crippen molar-refractivity contribution in [2.45, 2.75) is 44.9 Å². The Balaban J connectivity index is 1.89. The van der Waals surface area contributed by atoms with Crippen molar-refractivity contribution in [2.24, 2.45) is 0 Å². The lowest BCUT2D eigenvalue weighted by molar-refractivity contribution is 0.0957. The Morgan fingerprint density at radius 2 is 1.64 bits per heavy atom. The van der Waals surface area contributed by atoms with Crippen molar-refractivity contribution in [3.63, 3.8) is 0 Å². The normalized spacial score (nSPS) is 11.9. The molecular weight excluding hydrogens is 332 g/mol. The number of hydrogen-bond donors (Lipinski definition) is 0. The molecule has 25 heavy (non-hydrogen) atoms. The number of alkyl halides is 1. The van der Waals surface area contributed by atoms with Gasteiger partial charge in [0.1, 0.15) is 5.75 Å². The second kappa shape index (κ2) is 10.9. The molecule has 0 aromatic heterocycles. The number of benzene rings is 2. The summed E-state index contributed by atoms with van der Waals surface area (Å²) in [5.41, 5.74) is 1.82. The molecule has 0 fully saturated rings. The van der Waals surface area contributed by atoms with E-state index in [-0.39, 0.29) is 11.7 Å². The van der Waals surface area contributed by atoms with Gasteiger partial charge in [0.2, 0.25) is 0 Å². The summed E-state index contributed by atoms with van der Waals surface area (Å²) in [4.78, 5) is 12.8. The third kappa shape index (κ3) is 6.21. The summed E-state index contributed by atoms with van der Waals surface area (Å²) in [7, 11) is 0. The van der Waals surface area contributed by atoms with Crippen LogP contribution >= 0.6 is 11.6 Å². The fraction of sp³-hybridized carbons (Fsp3) is 0.409. The Morgan fingerprint density at radius 1 is 0.960 bits per heavy atom. The first-order valence-corrected chi connectivity index (χ1v) is 9.67. The molecule has 134 valence electrons. The highest BCUT2D eigenvalue weighted by atomic mass is 35.5. The number of ketones is 1. The molecule has 0 saturated carbocycles. The quantitative estimate of drug-likeness (QED) is 0.270. The van der Waals surface area contributed by atoms with Gasteiger partial charge in [-0.15, -0.1) is 11.6 Å². The predicted octanol–water partition coefficient (Wildman–Crippen LogP) is 6.24. The van der Waals surface area contributed by atoms with Gasteiger partial charge in [0, 0.05) is 17.4 Å². The number of carbonyl (C=O) groups excluding carboxylic acids is 1. The number of hydrogen-bond acceptors (Lipinski definition) is 2. The van der Waals surface area contributed by atoms with Crippen molar-refractivity contribution >= 4 is 17.4 Å². The predicted molar refractivity (Wildman–Crippen MR) is 105 cm³/mol. The van der Waals surface area contributed by atoms with Crippen LogP contribution < -0.4 is 4.74 Å². The van der Waals surface area contributed by atoms with Crippen molar-refractivity contribution in [3.8, 4) is 5.75 Å². The fourth-order valence-corrected chi connectivity index (χ4v) is 3.10. The number of rotatable bonds is 11. The average molecular weight is 359 g/mol. The van der Waals surface area contributed by atoms with Gasteiger partial charge in [0.05, 0.1) is 6.61 Å². The van der Waals surface area contributed by atoms with E-state index in [9.17, 15) is 4.79 Å². The molecule has 1 unspecified atom stereocenters. The number of halogens is 1. The number of carbonyl (C=O) groups is 1. The molecule has 0 saturated heterocycles. The fourth-order valence-electron chi connectivity index (χ4n) is 2.91. The van der Waals surface area contributed by atoms with Crippen molar-refractivity contribution < 1.29 is 9.53 Å². The van der Waals surface area contributed by atoms with E-state index in [0.717, 1.165) is 54.9 Å². The lowest BCUT2D eigenvalue weighted by Gasteiger charge is -2.14. The topological polar surface area (TPSA) is 26.3 Å². The van der Waals surface area contributed by atoms with E-state index in [1.807, 2.05) is 54.6 Å². The Bertz CT molecular complexity index is 622. The summed E-state index contributed by atoms with van der Waals surface area (Å²) >= 11 is 5.66. The zero-order chi connectivity index (χ0) is 17.9. The van der Waals surface area contributed by atoms with Crippen LogP contribution in [0.25, 0.3) is 0 Å². The molecule has 0 aliphatic rings. The van der Waals surface area contributed by atoms with Crippen LogP contribution in [0.4, 0.5) is 0 Å². The molecule has 0 N–H and O–H groups in total. The van der Waals surface area contributed by atoms with Crippen LogP contribution in [-0.4, -0.2) is 18.3 Å². The lowest BCUT2D eigenvalue weighted by Crippen LogP contribution is -2.12. The maximum atomic E-state index is 12.8. The summed E-state index contributed by atoms with van der Waals surface area (Å²) in [6.45, 7) is 2.76. The smallest absolute Gasteiger partial charge is 0.170 e. The molecule has 2 nitrogen and oxygen atoms in total. The lowest BCUT2D eigenvalue weighted by atomic mass is 9.89. The zero-order valence-corrected chi connectivity index (χ0v) is 15.7. The van der Waals surface area contributed by atoms with Crippen molar-refractivity contribution in [1.29, 1.82) is 0 Å². The van der Waals surface area contributed by atoms with Crippen LogP contribution in [0.3, 0.4) is 0 Å². The van der Waals surface area contributed by atoms with E-state index in [0.29, 0.717) is 6.61 Å². The van der Waals surface area contributed by atoms with Gasteiger partial charge in [-0.05, 0) is 49.1 Å². The van der Waals surface area contributed by atoms with E-state index in [2.05, 4.69) is 6.92 Å². The van der Waals surface area contributed by atoms with Crippen LogP contribution in [0.1, 0.15) is 60.9 Å². The highest BCUT2D eigenvalue weighted by Gasteiger charge is 2.19. The maximum absolute atomic E-state index is 12.8. The molecule has 3 heteroatoms. The largest absolute Gasteiger partial charge is 0.494 e. The summed E-state index contributed by atoms with van der Waals surface area (Å²) < 4.78 is 5.75. The molecule has 0 radical (unpaired) electrons. The molecule has 0 aliphatic heterocycles. The summed E-state index contributed by atoms with van der Waals surface area (Å²) in [6, 6.07) is 17.5. The highest BCUT2D eigenvalue weighted by molar-refractivity contribution is 6.17. The molecule has 0 heterocycles. The molecule has 1 atom stereocenters. The van der Waals surface area contributed by atoms with Gasteiger partial charge in [-0.1, -0.05) is 50.1 Å². The third-order valence-electron chi connectivity index (χ3n) is 4.36. The van der Waals surface area contributed by atoms with E-state index < -0.39 is 0 Å². The first kappa shape index (κ1) is 19.5. The Kier molecular flexibility index (Phi) is 8.54. The van der Waals surface area contributed by atoms with E-state index in [1.165, 1.54) is 0 Å². The van der Waals surface area contributed by atoms with Crippen LogP contribution in [0, 0.1) is 0 Å². The first-order valence-electron chi connectivity index (χ1n) is 9.14. The number of Topliss-reactive ketones (excluding diaryl/α,β-unsaturated/α-hetero) is 1. The highest BCUT2D eigenvalue weighted by Crippen LogP contribution is 2.25. The molecule has 0 spiro atoms. The third-order valence-corrected chi connectivity index (χ3v) is 4.63. The van der Waals surface area contributed by atoms with Crippen LogP contribution in [-0.2, 0) is 0 Å². The maximum Gasteiger partial charge on any atom is 0.170 e. The number of ether oxygens (including phenoxy) is 1. The Morgan fingerprint density at radius 3 is 2.28 bits per heavy atom. The minimum absolute atomic E-state index is 0.0881. The van der Waals surface area contributed by atoms with Gasteiger partial charge in [-0.3, -0.25) is 4.79 Å². The molecule has 2 aromatic carbocycles. The molecular formula is C22H27ClO2. The molecule has 2 aromatic rings. The molecule has 2 rings (SSSR count). The number of unbranched alkanes of at least 4 members (excludes halogenated alkanes) is 3.